The number of carbonyl (C=O) groups is 1. The number of likely N-dealkylation sites (tertiary alicyclic amines) is 1. The molecule has 2 aliphatic heterocycles. The number of rotatable bonds is 7. The van der Waals surface area contributed by atoms with E-state index in [0.29, 0.717) is 30.3 Å². The maximum Gasteiger partial charge on any atom is 0.177 e. The molecule has 27 heavy (non-hydrogen) atoms. The number of sulfone groups is 1. The molecule has 1 saturated heterocycles. The Kier molecular flexibility index (Phi) is 6.18. The van der Waals surface area contributed by atoms with Gasteiger partial charge in [0.1, 0.15) is 17.0 Å². The maximum atomic E-state index is 12.8. The molecule has 2 heterocycles. The number of amidine groups is 1. The van der Waals surface area contributed by atoms with Crippen LogP contribution in [0.15, 0.2) is 42.0 Å². The van der Waals surface area contributed by atoms with Crippen molar-refractivity contribution in [3.63, 3.8) is 0 Å². The highest BCUT2D eigenvalue weighted by molar-refractivity contribution is 7.92. The fraction of sp³-hybridized carbons (Fsp3) is 0.444. The fourth-order valence-electron chi connectivity index (χ4n) is 3.55. The number of hydrogen-bond donors (Lipinski definition) is 2. The lowest BCUT2D eigenvalue weighted by Gasteiger charge is -2.36. The van der Waals surface area contributed by atoms with Gasteiger partial charge in [-0.15, -0.1) is 6.58 Å². The summed E-state index contributed by atoms with van der Waals surface area (Å²) in [4.78, 5) is 12.7. The van der Waals surface area contributed by atoms with Gasteiger partial charge in [0.2, 0.25) is 0 Å². The van der Waals surface area contributed by atoms with Crippen LogP contribution in [0, 0.1) is 0 Å². The number of halogens is 1. The van der Waals surface area contributed by atoms with Crippen molar-refractivity contribution in [1.29, 1.82) is 0 Å². The largest absolute Gasteiger partial charge is 0.344 e. The molecule has 0 aromatic heterocycles. The van der Waals surface area contributed by atoms with Crippen molar-refractivity contribution in [2.45, 2.75) is 30.3 Å². The summed E-state index contributed by atoms with van der Waals surface area (Å²) in [5.74, 6) is 0.373. The highest BCUT2D eigenvalue weighted by atomic mass is 35.5. The average Bonchev–Trinajstić information content (AvgIpc) is 3.10. The van der Waals surface area contributed by atoms with Crippen LogP contribution >= 0.6 is 11.6 Å². The number of aldehydes is 1. The lowest BCUT2D eigenvalue weighted by molar-refractivity contribution is -0.109. The molecule has 146 valence electrons. The molecular formula is C18H23ClN4O3S. The lowest BCUT2D eigenvalue weighted by Crippen LogP contribution is -2.47. The van der Waals surface area contributed by atoms with Crippen LogP contribution in [-0.4, -0.2) is 55.8 Å². The molecular weight excluding hydrogens is 388 g/mol. The molecule has 2 aliphatic rings. The number of hydrazone groups is 1. The first-order chi connectivity index (χ1) is 12.9. The lowest BCUT2D eigenvalue weighted by atomic mass is 9.89. The zero-order valence-corrected chi connectivity index (χ0v) is 16.4. The second-order valence-electron chi connectivity index (χ2n) is 6.74. The van der Waals surface area contributed by atoms with Gasteiger partial charge < -0.3 is 5.32 Å². The Morgan fingerprint density at radius 2 is 1.96 bits per heavy atom. The van der Waals surface area contributed by atoms with E-state index in [4.69, 9.17) is 11.6 Å². The Hall–Kier alpha value is -1.90. The van der Waals surface area contributed by atoms with Crippen molar-refractivity contribution in [1.82, 2.24) is 15.6 Å². The molecule has 1 aromatic carbocycles. The van der Waals surface area contributed by atoms with Crippen LogP contribution in [-0.2, 0) is 14.6 Å². The Balaban J connectivity index is 1.62. The van der Waals surface area contributed by atoms with Crippen LogP contribution in [0.1, 0.15) is 24.3 Å². The molecule has 9 heteroatoms. The summed E-state index contributed by atoms with van der Waals surface area (Å²) < 4.78 is 25.7. The topological polar surface area (TPSA) is 90.9 Å². The molecule has 1 aromatic rings. The smallest absolute Gasteiger partial charge is 0.177 e. The first-order valence-corrected chi connectivity index (χ1v) is 10.9. The maximum absolute atomic E-state index is 12.8. The molecule has 3 rings (SSSR count). The van der Waals surface area contributed by atoms with Crippen molar-refractivity contribution in [3.8, 4) is 0 Å². The van der Waals surface area contributed by atoms with E-state index < -0.39 is 21.4 Å². The van der Waals surface area contributed by atoms with Crippen LogP contribution in [0.4, 0.5) is 0 Å². The van der Waals surface area contributed by atoms with Gasteiger partial charge in [-0.2, -0.15) is 5.10 Å². The van der Waals surface area contributed by atoms with Gasteiger partial charge in [0.25, 0.3) is 0 Å². The van der Waals surface area contributed by atoms with Gasteiger partial charge in [-0.25, -0.2) is 8.42 Å². The Bertz CT molecular complexity index is 818. The van der Waals surface area contributed by atoms with E-state index in [0.717, 1.165) is 12.8 Å². The van der Waals surface area contributed by atoms with E-state index >= 15 is 0 Å². The van der Waals surface area contributed by atoms with E-state index in [-0.39, 0.29) is 11.6 Å². The molecule has 2 N–H and O–H groups in total. The summed E-state index contributed by atoms with van der Waals surface area (Å²) >= 11 is 5.95. The second-order valence-corrected chi connectivity index (χ2v) is 9.27. The van der Waals surface area contributed by atoms with E-state index in [1.807, 2.05) is 29.2 Å². The van der Waals surface area contributed by atoms with Crippen LogP contribution in [0.2, 0.25) is 5.02 Å². The fourth-order valence-corrected chi connectivity index (χ4v) is 5.33. The Morgan fingerprint density at radius 1 is 1.30 bits per heavy atom. The molecule has 0 amide bonds. The van der Waals surface area contributed by atoms with Gasteiger partial charge in [0.05, 0.1) is 0 Å². The molecule has 1 fully saturated rings. The molecule has 0 bridgehead atoms. The molecule has 0 aliphatic carbocycles. The van der Waals surface area contributed by atoms with E-state index in [1.165, 1.54) is 11.6 Å². The number of nitrogens with one attached hydrogen (secondary N) is 2. The third-order valence-electron chi connectivity index (χ3n) is 4.94. The second kappa shape index (κ2) is 8.41. The van der Waals surface area contributed by atoms with Crippen molar-refractivity contribution in [2.75, 3.05) is 18.8 Å². The van der Waals surface area contributed by atoms with Gasteiger partial charge in [-0.3, -0.25) is 15.1 Å². The highest BCUT2D eigenvalue weighted by Crippen LogP contribution is 2.30. The molecule has 2 unspecified atom stereocenters. The number of benzene rings is 1. The summed E-state index contributed by atoms with van der Waals surface area (Å²) in [5, 5.41) is 6.55. The summed E-state index contributed by atoms with van der Waals surface area (Å²) in [5.41, 5.74) is 3.77. The first kappa shape index (κ1) is 19.9. The van der Waals surface area contributed by atoms with Crippen LogP contribution in [0.25, 0.3) is 0 Å². The quantitative estimate of drug-likeness (QED) is 0.522. The van der Waals surface area contributed by atoms with Gasteiger partial charge in [0, 0.05) is 18.1 Å². The number of hydrogen-bond acceptors (Lipinski definition) is 7. The predicted octanol–water partition coefficient (Wildman–Crippen LogP) is 1.48. The minimum Gasteiger partial charge on any atom is -0.344 e. The summed E-state index contributed by atoms with van der Waals surface area (Å²) in [6.07, 6.45) is 3.17. The SMILES string of the molecule is C=CC(N1CCC(c2ccc(Cl)cc2)CC1)S(=O)(=O)CC1=NNC(C=O)N1. The highest BCUT2D eigenvalue weighted by Gasteiger charge is 2.34. The summed E-state index contributed by atoms with van der Waals surface area (Å²) in [6, 6.07) is 7.84. The molecule has 2 atom stereocenters. The van der Waals surface area contributed by atoms with Crippen LogP contribution in [0.5, 0.6) is 0 Å². The molecule has 7 nitrogen and oxygen atoms in total. The van der Waals surface area contributed by atoms with Crippen molar-refractivity contribution < 1.29 is 13.2 Å². The Labute approximate surface area is 164 Å². The van der Waals surface area contributed by atoms with E-state index in [1.54, 1.807) is 0 Å². The minimum absolute atomic E-state index is 0.245. The van der Waals surface area contributed by atoms with Crippen molar-refractivity contribution in [3.05, 3.63) is 47.5 Å². The van der Waals surface area contributed by atoms with E-state index in [9.17, 15) is 13.2 Å². The number of carbonyl (C=O) groups excluding carboxylic acids is 1. The predicted molar refractivity (Wildman–Crippen MR) is 106 cm³/mol. The molecule has 0 radical (unpaired) electrons. The van der Waals surface area contributed by atoms with Crippen molar-refractivity contribution >= 4 is 33.6 Å². The van der Waals surface area contributed by atoms with E-state index in [2.05, 4.69) is 22.4 Å². The molecule has 0 spiro atoms. The summed E-state index contributed by atoms with van der Waals surface area (Å²) in [6.45, 7) is 5.06. The van der Waals surface area contributed by atoms with Crippen LogP contribution in [0.3, 0.4) is 0 Å². The third-order valence-corrected chi connectivity index (χ3v) is 7.09. The standard InChI is InChI=1S/C18H23ClN4O3S/c1-2-18(27(25,26)12-17-20-16(11-24)21-22-17)23-9-7-14(8-10-23)13-3-5-15(19)6-4-13/h2-6,11,14,16,18,21H,1,7-10,12H2,(H,20,22). The van der Waals surface area contributed by atoms with Gasteiger partial charge in [0.15, 0.2) is 22.3 Å². The summed E-state index contributed by atoms with van der Waals surface area (Å²) in [7, 11) is -3.53. The van der Waals surface area contributed by atoms with Gasteiger partial charge in [-0.05, 0) is 36.5 Å². The monoisotopic (exact) mass is 410 g/mol. The van der Waals surface area contributed by atoms with Crippen LogP contribution < -0.4 is 10.7 Å². The molecule has 0 saturated carbocycles. The number of piperidine rings is 1. The Morgan fingerprint density at radius 3 is 2.52 bits per heavy atom. The zero-order valence-electron chi connectivity index (χ0n) is 14.8. The van der Waals surface area contributed by atoms with Gasteiger partial charge >= 0.3 is 0 Å². The normalized spacial score (nSPS) is 22.4. The average molecular weight is 411 g/mol. The number of nitrogens with zero attached hydrogens (tertiary/aromatic N) is 2. The van der Waals surface area contributed by atoms with Gasteiger partial charge in [-0.1, -0.05) is 29.8 Å². The first-order valence-electron chi connectivity index (χ1n) is 8.80. The third kappa shape index (κ3) is 4.69. The zero-order chi connectivity index (χ0) is 19.4. The van der Waals surface area contributed by atoms with Crippen molar-refractivity contribution in [2.24, 2.45) is 5.10 Å². The minimum atomic E-state index is -3.53.